The van der Waals surface area contributed by atoms with E-state index in [0.717, 1.165) is 26.6 Å². The van der Waals surface area contributed by atoms with Crippen LogP contribution in [0.1, 0.15) is 25.2 Å². The molecule has 3 aromatic rings. The Morgan fingerprint density at radius 3 is 2.53 bits per heavy atom. The lowest BCUT2D eigenvalue weighted by molar-refractivity contribution is -0.142. The number of piperazine rings is 1. The number of ether oxygens (including phenoxy) is 1. The number of halogens is 2. The minimum absolute atomic E-state index is 0.0138. The van der Waals surface area contributed by atoms with Gasteiger partial charge in [0.15, 0.2) is 0 Å². The molecule has 0 aliphatic carbocycles. The molecule has 1 aliphatic heterocycles. The van der Waals surface area contributed by atoms with Crippen molar-refractivity contribution < 1.29 is 14.3 Å². The molecule has 202 valence electrons. The molecule has 0 spiro atoms. The summed E-state index contributed by atoms with van der Waals surface area (Å²) >= 11 is 8.45. The largest absolute Gasteiger partial charge is 0.467 e. The minimum Gasteiger partial charge on any atom is -0.467 e. The van der Waals surface area contributed by atoms with Crippen molar-refractivity contribution in [3.8, 4) is 0 Å². The summed E-state index contributed by atoms with van der Waals surface area (Å²) in [6.07, 6.45) is 0. The third-order valence-corrected chi connectivity index (χ3v) is 7.72. The second-order valence-corrected chi connectivity index (χ2v) is 10.7. The van der Waals surface area contributed by atoms with Crippen molar-refractivity contribution in [2.24, 2.45) is 5.92 Å². The van der Waals surface area contributed by atoms with E-state index < -0.39 is 6.04 Å². The molecule has 2 N–H and O–H groups in total. The molecular formula is C27H32ClIN6O3. The Balaban J connectivity index is 1.42. The fraction of sp³-hybridized carbons (Fsp3) is 0.407. The van der Waals surface area contributed by atoms with Crippen molar-refractivity contribution in [1.82, 2.24) is 19.8 Å². The van der Waals surface area contributed by atoms with Gasteiger partial charge < -0.3 is 20.3 Å². The summed E-state index contributed by atoms with van der Waals surface area (Å²) in [7, 11) is 1.39. The number of nitrogens with one attached hydrogen (secondary N) is 2. The summed E-state index contributed by atoms with van der Waals surface area (Å²) in [5, 5.41) is 7.82. The van der Waals surface area contributed by atoms with Crippen molar-refractivity contribution in [3.63, 3.8) is 0 Å². The van der Waals surface area contributed by atoms with Crippen LogP contribution in [0.5, 0.6) is 0 Å². The second-order valence-electron chi connectivity index (χ2n) is 9.53. The average molecular weight is 651 g/mol. The number of esters is 1. The predicted molar refractivity (Wildman–Crippen MR) is 159 cm³/mol. The molecular weight excluding hydrogens is 619 g/mol. The summed E-state index contributed by atoms with van der Waals surface area (Å²) in [5.41, 5.74) is 2.54. The minimum atomic E-state index is -0.526. The van der Waals surface area contributed by atoms with Gasteiger partial charge in [-0.3, -0.25) is 4.90 Å². The second kappa shape index (κ2) is 12.9. The number of methoxy groups -OCH3 is 1. The van der Waals surface area contributed by atoms with Gasteiger partial charge in [-0.15, -0.1) is 0 Å². The van der Waals surface area contributed by atoms with Gasteiger partial charge in [0.25, 0.3) is 0 Å². The number of benzene rings is 2. The molecule has 0 bridgehead atoms. The third kappa shape index (κ3) is 6.83. The van der Waals surface area contributed by atoms with Gasteiger partial charge in [-0.2, -0.15) is 0 Å². The van der Waals surface area contributed by atoms with E-state index in [1.54, 1.807) is 0 Å². The molecule has 2 aromatic carbocycles. The van der Waals surface area contributed by atoms with Crippen molar-refractivity contribution in [3.05, 3.63) is 58.9 Å². The maximum atomic E-state index is 12.8. The van der Waals surface area contributed by atoms with Crippen LogP contribution >= 0.6 is 34.2 Å². The Bertz CT molecular complexity index is 1300. The standard InChI is InChI=1S/C27H32ClIN6O3/c1-17(2)24(26(36)38-3)33-25-20-6-4-5-7-22(20)31-23(32-25)16-34-10-12-35(13-11-34)27(37)30-19-8-9-21(28)18(14-19)15-29/h4-9,14,17,24H,10-13,15-16H2,1-3H3,(H,30,37)(H,31,32,33)/t24-/m0/s1. The predicted octanol–water partition coefficient (Wildman–Crippen LogP) is 5.18. The Morgan fingerprint density at radius 2 is 1.84 bits per heavy atom. The first-order valence-corrected chi connectivity index (χ1v) is 14.4. The highest BCUT2D eigenvalue weighted by molar-refractivity contribution is 14.1. The highest BCUT2D eigenvalue weighted by Crippen LogP contribution is 2.25. The van der Waals surface area contributed by atoms with Crippen LogP contribution in [0, 0.1) is 5.92 Å². The maximum Gasteiger partial charge on any atom is 0.328 e. The van der Waals surface area contributed by atoms with Crippen LogP contribution in [-0.2, 0) is 20.5 Å². The smallest absolute Gasteiger partial charge is 0.328 e. The third-order valence-electron chi connectivity index (χ3n) is 6.53. The lowest BCUT2D eigenvalue weighted by Gasteiger charge is -2.34. The van der Waals surface area contributed by atoms with Gasteiger partial charge in [0.05, 0.1) is 19.2 Å². The van der Waals surface area contributed by atoms with Crippen LogP contribution in [0.4, 0.5) is 16.3 Å². The summed E-state index contributed by atoms with van der Waals surface area (Å²) in [4.78, 5) is 38.8. The van der Waals surface area contributed by atoms with Crippen LogP contribution in [0.25, 0.3) is 10.9 Å². The number of carbonyl (C=O) groups is 2. The first-order chi connectivity index (χ1) is 18.3. The van der Waals surface area contributed by atoms with E-state index in [1.807, 2.05) is 61.2 Å². The highest BCUT2D eigenvalue weighted by atomic mass is 127. The number of urea groups is 1. The van der Waals surface area contributed by atoms with E-state index in [0.29, 0.717) is 49.4 Å². The summed E-state index contributed by atoms with van der Waals surface area (Å²) in [6, 6.07) is 12.6. The first-order valence-electron chi connectivity index (χ1n) is 12.5. The zero-order valence-electron chi connectivity index (χ0n) is 21.7. The zero-order valence-corrected chi connectivity index (χ0v) is 24.6. The monoisotopic (exact) mass is 650 g/mol. The van der Waals surface area contributed by atoms with E-state index in [4.69, 9.17) is 26.3 Å². The van der Waals surface area contributed by atoms with Crippen molar-refractivity contribution in [2.75, 3.05) is 43.9 Å². The topological polar surface area (TPSA) is 99.7 Å². The molecule has 38 heavy (non-hydrogen) atoms. The number of hydrogen-bond donors (Lipinski definition) is 2. The fourth-order valence-electron chi connectivity index (χ4n) is 4.34. The molecule has 2 heterocycles. The number of amides is 2. The number of alkyl halides is 1. The quantitative estimate of drug-likeness (QED) is 0.197. The zero-order chi connectivity index (χ0) is 27.2. The molecule has 9 nitrogen and oxygen atoms in total. The number of aromatic nitrogens is 2. The molecule has 0 unspecified atom stereocenters. The van der Waals surface area contributed by atoms with E-state index in [9.17, 15) is 9.59 Å². The molecule has 2 amide bonds. The molecule has 0 saturated carbocycles. The molecule has 11 heteroatoms. The van der Waals surface area contributed by atoms with Gasteiger partial charge in [0, 0.05) is 46.7 Å². The number of rotatable bonds is 8. The van der Waals surface area contributed by atoms with Crippen LogP contribution < -0.4 is 10.6 Å². The Hall–Kier alpha value is -2.70. The van der Waals surface area contributed by atoms with Gasteiger partial charge in [0.2, 0.25) is 0 Å². The van der Waals surface area contributed by atoms with Crippen molar-refractivity contribution in [2.45, 2.75) is 30.9 Å². The van der Waals surface area contributed by atoms with Crippen molar-refractivity contribution >= 4 is 68.6 Å². The van der Waals surface area contributed by atoms with Gasteiger partial charge >= 0.3 is 12.0 Å². The van der Waals surface area contributed by atoms with Crippen LogP contribution in [0.15, 0.2) is 42.5 Å². The van der Waals surface area contributed by atoms with Gasteiger partial charge in [-0.05, 0) is 41.8 Å². The lowest BCUT2D eigenvalue weighted by Crippen LogP contribution is -2.49. The van der Waals surface area contributed by atoms with Gasteiger partial charge in [-0.25, -0.2) is 19.6 Å². The maximum absolute atomic E-state index is 12.8. The highest BCUT2D eigenvalue weighted by Gasteiger charge is 2.26. The normalized spacial score (nSPS) is 14.9. The molecule has 1 fully saturated rings. The van der Waals surface area contributed by atoms with E-state index >= 15 is 0 Å². The summed E-state index contributed by atoms with van der Waals surface area (Å²) in [6.45, 7) is 7.04. The summed E-state index contributed by atoms with van der Waals surface area (Å²) < 4.78 is 5.77. The van der Waals surface area contributed by atoms with Gasteiger partial charge in [0.1, 0.15) is 17.7 Å². The fourth-order valence-corrected chi connectivity index (χ4v) is 5.38. The van der Waals surface area contributed by atoms with Crippen molar-refractivity contribution in [1.29, 1.82) is 0 Å². The number of para-hydroxylation sites is 1. The number of carbonyl (C=O) groups excluding carboxylic acids is 2. The SMILES string of the molecule is COC(=O)[C@@H](Nc1nc(CN2CCN(C(=O)Nc3ccc(Cl)c(CI)c3)CC2)nc2ccccc12)C(C)C. The number of fused-ring (bicyclic) bond motifs is 1. The Morgan fingerprint density at radius 1 is 1.11 bits per heavy atom. The van der Waals surface area contributed by atoms with Crippen LogP contribution in [0.2, 0.25) is 5.02 Å². The van der Waals surface area contributed by atoms with Crippen LogP contribution in [0.3, 0.4) is 0 Å². The van der Waals surface area contributed by atoms with E-state index in [-0.39, 0.29) is 17.9 Å². The number of anilines is 2. The van der Waals surface area contributed by atoms with E-state index in [1.165, 1.54) is 7.11 Å². The molecule has 1 aromatic heterocycles. The molecule has 0 radical (unpaired) electrons. The molecule has 1 atom stereocenters. The summed E-state index contributed by atoms with van der Waals surface area (Å²) in [5.74, 6) is 0.952. The Kier molecular flexibility index (Phi) is 9.61. The molecule has 4 rings (SSSR count). The average Bonchev–Trinajstić information content (AvgIpc) is 2.92. The number of nitrogens with zero attached hydrogens (tertiary/aromatic N) is 4. The van der Waals surface area contributed by atoms with Crippen LogP contribution in [-0.4, -0.2) is 71.1 Å². The Labute approximate surface area is 241 Å². The van der Waals surface area contributed by atoms with E-state index in [2.05, 4.69) is 38.1 Å². The lowest BCUT2D eigenvalue weighted by atomic mass is 10.0. The first kappa shape index (κ1) is 28.3. The molecule has 1 saturated heterocycles. The molecule has 1 aliphatic rings. The van der Waals surface area contributed by atoms with Gasteiger partial charge in [-0.1, -0.05) is 60.2 Å². The number of hydrogen-bond acceptors (Lipinski definition) is 7.